The molecule has 0 aromatic heterocycles. The summed E-state index contributed by atoms with van der Waals surface area (Å²) in [7, 11) is -3.22. The molecule has 1 heterocycles. The highest BCUT2D eigenvalue weighted by molar-refractivity contribution is 7.89. The van der Waals surface area contributed by atoms with Gasteiger partial charge in [-0.15, -0.1) is 0 Å². The van der Waals surface area contributed by atoms with Gasteiger partial charge in [-0.3, -0.25) is 4.79 Å². The molecule has 0 aromatic carbocycles. The van der Waals surface area contributed by atoms with Gasteiger partial charge in [-0.1, -0.05) is 27.2 Å². The summed E-state index contributed by atoms with van der Waals surface area (Å²) in [6, 6.07) is 0. The highest BCUT2D eigenvalue weighted by atomic mass is 32.2. The van der Waals surface area contributed by atoms with Crippen molar-refractivity contribution in [1.82, 2.24) is 4.31 Å². The van der Waals surface area contributed by atoms with Gasteiger partial charge in [0.1, 0.15) is 0 Å². The zero-order valence-corrected chi connectivity index (χ0v) is 11.7. The highest BCUT2D eigenvalue weighted by Gasteiger charge is 2.34. The van der Waals surface area contributed by atoms with Gasteiger partial charge in [0.05, 0.1) is 11.7 Å². The maximum absolute atomic E-state index is 11.7. The second kappa shape index (κ2) is 7.66. The minimum absolute atomic E-state index is 0.135. The first-order chi connectivity index (χ1) is 7.97. The summed E-state index contributed by atoms with van der Waals surface area (Å²) in [5.41, 5.74) is 0. The molecule has 1 aliphatic rings. The van der Waals surface area contributed by atoms with Crippen LogP contribution in [0.3, 0.4) is 0 Å². The lowest BCUT2D eigenvalue weighted by molar-refractivity contribution is -0.141. The Bertz CT molecular complexity index is 326. The van der Waals surface area contributed by atoms with E-state index in [2.05, 4.69) is 0 Å². The molecule has 1 aliphatic heterocycles. The maximum atomic E-state index is 11.7. The average Bonchev–Trinajstić information content (AvgIpc) is 2.79. The SMILES string of the molecule is CC.CCCCS(=O)(=O)N1CCC(C(=O)O)C1. The topological polar surface area (TPSA) is 74.7 Å². The Morgan fingerprint density at radius 3 is 2.41 bits per heavy atom. The van der Waals surface area contributed by atoms with Gasteiger partial charge in [-0.05, 0) is 12.8 Å². The van der Waals surface area contributed by atoms with Gasteiger partial charge in [0.25, 0.3) is 0 Å². The Hall–Kier alpha value is -0.620. The quantitative estimate of drug-likeness (QED) is 0.818. The first-order valence-corrected chi connectivity index (χ1v) is 7.79. The van der Waals surface area contributed by atoms with Crippen molar-refractivity contribution in [1.29, 1.82) is 0 Å². The van der Waals surface area contributed by atoms with E-state index in [4.69, 9.17) is 5.11 Å². The van der Waals surface area contributed by atoms with Crippen molar-refractivity contribution in [3.05, 3.63) is 0 Å². The van der Waals surface area contributed by atoms with Gasteiger partial charge in [-0.25, -0.2) is 12.7 Å². The van der Waals surface area contributed by atoms with Crippen molar-refractivity contribution in [2.24, 2.45) is 5.92 Å². The third-order valence-corrected chi connectivity index (χ3v) is 4.57. The molecular weight excluding hydrogens is 242 g/mol. The van der Waals surface area contributed by atoms with E-state index in [1.54, 1.807) is 0 Å². The summed E-state index contributed by atoms with van der Waals surface area (Å²) in [5.74, 6) is -1.29. The van der Waals surface area contributed by atoms with Gasteiger partial charge >= 0.3 is 5.97 Å². The molecule has 6 heteroatoms. The molecule has 17 heavy (non-hydrogen) atoms. The summed E-state index contributed by atoms with van der Waals surface area (Å²) >= 11 is 0. The fourth-order valence-electron chi connectivity index (χ4n) is 1.64. The van der Waals surface area contributed by atoms with Crippen molar-refractivity contribution >= 4 is 16.0 Å². The van der Waals surface area contributed by atoms with Gasteiger partial charge in [-0.2, -0.15) is 0 Å². The van der Waals surface area contributed by atoms with E-state index in [1.165, 1.54) is 4.31 Å². The van der Waals surface area contributed by atoms with Gasteiger partial charge in [0.15, 0.2) is 0 Å². The molecule has 1 fully saturated rings. The number of hydrogen-bond acceptors (Lipinski definition) is 3. The molecule has 1 N–H and O–H groups in total. The molecule has 0 radical (unpaired) electrons. The van der Waals surface area contributed by atoms with E-state index >= 15 is 0 Å². The summed E-state index contributed by atoms with van der Waals surface area (Å²) < 4.78 is 24.7. The van der Waals surface area contributed by atoms with Crippen LogP contribution in [-0.4, -0.2) is 42.6 Å². The zero-order chi connectivity index (χ0) is 13.5. The molecule has 1 unspecified atom stereocenters. The number of rotatable bonds is 5. The first kappa shape index (κ1) is 16.4. The number of nitrogens with zero attached hydrogens (tertiary/aromatic N) is 1. The number of hydrogen-bond donors (Lipinski definition) is 1. The van der Waals surface area contributed by atoms with Crippen molar-refractivity contribution < 1.29 is 18.3 Å². The van der Waals surface area contributed by atoms with Crippen molar-refractivity contribution in [2.75, 3.05) is 18.8 Å². The minimum atomic E-state index is -3.22. The second-order valence-corrected chi connectivity index (χ2v) is 5.94. The lowest BCUT2D eigenvalue weighted by atomic mass is 10.1. The lowest BCUT2D eigenvalue weighted by Crippen LogP contribution is -2.32. The van der Waals surface area contributed by atoms with E-state index in [0.29, 0.717) is 19.4 Å². The Morgan fingerprint density at radius 1 is 1.41 bits per heavy atom. The lowest BCUT2D eigenvalue weighted by Gasteiger charge is -2.15. The van der Waals surface area contributed by atoms with Crippen LogP contribution in [0.15, 0.2) is 0 Å². The molecule has 0 saturated carbocycles. The molecule has 1 saturated heterocycles. The van der Waals surface area contributed by atoms with Crippen LogP contribution in [0.5, 0.6) is 0 Å². The fourth-order valence-corrected chi connectivity index (χ4v) is 3.34. The average molecular weight is 265 g/mol. The molecule has 1 atom stereocenters. The number of carbonyl (C=O) groups is 1. The molecule has 0 bridgehead atoms. The smallest absolute Gasteiger partial charge is 0.307 e. The minimum Gasteiger partial charge on any atom is -0.481 e. The predicted octanol–water partition coefficient (Wildman–Crippen LogP) is 1.55. The van der Waals surface area contributed by atoms with E-state index in [9.17, 15) is 13.2 Å². The number of sulfonamides is 1. The Labute approximate surface area is 104 Å². The number of aliphatic carboxylic acids is 1. The largest absolute Gasteiger partial charge is 0.481 e. The standard InChI is InChI=1S/C9H17NO4S.C2H6/c1-2-3-6-15(13,14)10-5-4-8(7-10)9(11)12;1-2/h8H,2-7H2,1H3,(H,11,12);1-2H3. The zero-order valence-electron chi connectivity index (χ0n) is 10.8. The van der Waals surface area contributed by atoms with Crippen LogP contribution < -0.4 is 0 Å². The van der Waals surface area contributed by atoms with E-state index in [1.807, 2.05) is 20.8 Å². The maximum Gasteiger partial charge on any atom is 0.307 e. The number of carboxylic acids is 1. The molecule has 5 nitrogen and oxygen atoms in total. The van der Waals surface area contributed by atoms with Crippen molar-refractivity contribution in [3.8, 4) is 0 Å². The van der Waals surface area contributed by atoms with Gasteiger partial charge in [0, 0.05) is 13.1 Å². The normalized spacial score (nSPS) is 20.8. The summed E-state index contributed by atoms with van der Waals surface area (Å²) in [4.78, 5) is 10.7. The van der Waals surface area contributed by atoms with E-state index in [0.717, 1.165) is 6.42 Å². The van der Waals surface area contributed by atoms with E-state index in [-0.39, 0.29) is 12.3 Å². The molecule has 0 spiro atoms. The third kappa shape index (κ3) is 5.04. The van der Waals surface area contributed by atoms with Gasteiger partial charge in [0.2, 0.25) is 10.0 Å². The van der Waals surface area contributed by atoms with Crippen molar-refractivity contribution in [3.63, 3.8) is 0 Å². The van der Waals surface area contributed by atoms with Crippen LogP contribution in [-0.2, 0) is 14.8 Å². The van der Waals surface area contributed by atoms with Crippen LogP contribution >= 0.6 is 0 Å². The molecular formula is C11H23NO4S. The second-order valence-electron chi connectivity index (χ2n) is 3.85. The van der Waals surface area contributed by atoms with Crippen molar-refractivity contribution in [2.45, 2.75) is 40.0 Å². The van der Waals surface area contributed by atoms with E-state index < -0.39 is 21.9 Å². The van der Waals surface area contributed by atoms with Crippen LogP contribution in [0.1, 0.15) is 40.0 Å². The summed E-state index contributed by atoms with van der Waals surface area (Å²) in [6.07, 6.45) is 1.90. The first-order valence-electron chi connectivity index (χ1n) is 6.18. The molecule has 102 valence electrons. The number of unbranched alkanes of at least 4 members (excludes halogenated alkanes) is 1. The molecule has 1 rings (SSSR count). The highest BCUT2D eigenvalue weighted by Crippen LogP contribution is 2.20. The summed E-state index contributed by atoms with van der Waals surface area (Å²) in [5, 5.41) is 8.75. The predicted molar refractivity (Wildman–Crippen MR) is 67.4 cm³/mol. The van der Waals surface area contributed by atoms with Crippen LogP contribution in [0, 0.1) is 5.92 Å². The third-order valence-electron chi connectivity index (χ3n) is 2.65. The van der Waals surface area contributed by atoms with Crippen LogP contribution in [0.2, 0.25) is 0 Å². The summed E-state index contributed by atoms with van der Waals surface area (Å²) in [6.45, 7) is 6.42. The Morgan fingerprint density at radius 2 is 2.00 bits per heavy atom. The Kier molecular flexibility index (Phi) is 7.38. The van der Waals surface area contributed by atoms with Gasteiger partial charge < -0.3 is 5.11 Å². The van der Waals surface area contributed by atoms with Crippen LogP contribution in [0.4, 0.5) is 0 Å². The van der Waals surface area contributed by atoms with Crippen LogP contribution in [0.25, 0.3) is 0 Å². The molecule has 0 amide bonds. The monoisotopic (exact) mass is 265 g/mol. The number of carboxylic acid groups (broad SMARTS) is 1. The molecule has 0 aromatic rings. The Balaban J connectivity index is 0.00000121. The fraction of sp³-hybridized carbons (Fsp3) is 0.909. The molecule has 0 aliphatic carbocycles.